The second kappa shape index (κ2) is 9.26. The molecule has 9 nitrogen and oxygen atoms in total. The lowest BCUT2D eigenvalue weighted by Gasteiger charge is -2.36. The summed E-state index contributed by atoms with van der Waals surface area (Å²) in [6.07, 6.45) is 1.24. The number of nitrogens with zero attached hydrogens (tertiary/aromatic N) is 3. The first kappa shape index (κ1) is 24.6. The number of carbonyl (C=O) groups is 2. The molecule has 186 valence electrons. The summed E-state index contributed by atoms with van der Waals surface area (Å²) >= 11 is 0. The molecule has 0 atom stereocenters. The molecule has 1 aromatic heterocycles. The molecule has 0 bridgehead atoms. The molecule has 2 amide bonds. The summed E-state index contributed by atoms with van der Waals surface area (Å²) in [6, 6.07) is 13.5. The molecule has 0 unspecified atom stereocenters. The molecule has 1 saturated heterocycles. The van der Waals surface area contributed by atoms with Gasteiger partial charge in [0.1, 0.15) is 5.60 Å². The van der Waals surface area contributed by atoms with Crippen molar-refractivity contribution in [3.05, 3.63) is 54.7 Å². The van der Waals surface area contributed by atoms with Crippen LogP contribution in [0.3, 0.4) is 0 Å². The molecule has 0 spiro atoms. The summed E-state index contributed by atoms with van der Waals surface area (Å²) in [5.74, 6) is -0.223. The third kappa shape index (κ3) is 5.43. The molecule has 1 aliphatic rings. The summed E-state index contributed by atoms with van der Waals surface area (Å²) in [5.41, 5.74) is 1.55. The van der Waals surface area contributed by atoms with Crippen molar-refractivity contribution < 1.29 is 22.7 Å². The van der Waals surface area contributed by atoms with E-state index in [1.807, 2.05) is 32.9 Å². The highest BCUT2D eigenvalue weighted by molar-refractivity contribution is 7.90. The van der Waals surface area contributed by atoms with Crippen molar-refractivity contribution in [2.75, 3.05) is 36.4 Å². The van der Waals surface area contributed by atoms with Crippen molar-refractivity contribution in [3.8, 4) is 0 Å². The number of piperazine rings is 1. The molecule has 0 aliphatic carbocycles. The highest BCUT2D eigenvalue weighted by Gasteiger charge is 2.26. The van der Waals surface area contributed by atoms with Gasteiger partial charge in [0, 0.05) is 56.1 Å². The van der Waals surface area contributed by atoms with Crippen LogP contribution in [0.4, 0.5) is 16.2 Å². The maximum Gasteiger partial charge on any atom is 0.410 e. The number of ether oxygens (including phenoxy) is 1. The van der Waals surface area contributed by atoms with E-state index in [-0.39, 0.29) is 16.9 Å². The van der Waals surface area contributed by atoms with E-state index >= 15 is 0 Å². The number of anilines is 2. The van der Waals surface area contributed by atoms with Gasteiger partial charge in [-0.15, -0.1) is 0 Å². The maximum absolute atomic E-state index is 13.2. The van der Waals surface area contributed by atoms with Gasteiger partial charge in [-0.25, -0.2) is 17.2 Å². The number of fused-ring (bicyclic) bond motifs is 1. The number of rotatable bonds is 4. The molecule has 0 radical (unpaired) electrons. The minimum absolute atomic E-state index is 0.131. The van der Waals surface area contributed by atoms with Crippen LogP contribution in [0, 0.1) is 0 Å². The van der Waals surface area contributed by atoms with Gasteiger partial charge in [-0.1, -0.05) is 0 Å². The third-order valence-electron chi connectivity index (χ3n) is 5.67. The predicted octanol–water partition coefficient (Wildman–Crippen LogP) is 3.89. The van der Waals surface area contributed by atoms with Crippen molar-refractivity contribution in [2.24, 2.45) is 0 Å². The van der Waals surface area contributed by atoms with Crippen molar-refractivity contribution in [2.45, 2.75) is 38.2 Å². The molecule has 3 aromatic rings. The summed E-state index contributed by atoms with van der Waals surface area (Å²) in [5, 5.41) is 3.43. The van der Waals surface area contributed by atoms with Crippen molar-refractivity contribution in [1.82, 2.24) is 8.87 Å². The molecule has 1 fully saturated rings. The molecule has 1 aliphatic heterocycles. The summed E-state index contributed by atoms with van der Waals surface area (Å²) < 4.78 is 33.2. The second-order valence-electron chi connectivity index (χ2n) is 9.52. The zero-order valence-corrected chi connectivity index (χ0v) is 21.1. The van der Waals surface area contributed by atoms with Crippen LogP contribution < -0.4 is 10.2 Å². The molecule has 4 rings (SSSR count). The van der Waals surface area contributed by atoms with E-state index in [9.17, 15) is 18.0 Å². The third-order valence-corrected chi connectivity index (χ3v) is 7.37. The first-order chi connectivity index (χ1) is 16.4. The predicted molar refractivity (Wildman–Crippen MR) is 135 cm³/mol. The van der Waals surface area contributed by atoms with Crippen LogP contribution in [0.25, 0.3) is 10.9 Å². The van der Waals surface area contributed by atoms with E-state index in [0.29, 0.717) is 37.4 Å². The number of aromatic nitrogens is 1. The van der Waals surface area contributed by atoms with Gasteiger partial charge in [0.2, 0.25) is 5.91 Å². The molecular formula is C25H30N4O5S. The van der Waals surface area contributed by atoms with Gasteiger partial charge in [-0.2, -0.15) is 0 Å². The molecule has 35 heavy (non-hydrogen) atoms. The molecule has 0 saturated carbocycles. The van der Waals surface area contributed by atoms with Gasteiger partial charge >= 0.3 is 6.09 Å². The SMILES string of the molecule is CC(=O)Nc1ccc(S(=O)(=O)n2ccc3cc(N4CCN(C(=O)OC(C)(C)C)CC4)ccc32)cc1. The average Bonchev–Trinajstić information content (AvgIpc) is 3.22. The lowest BCUT2D eigenvalue weighted by Crippen LogP contribution is -2.50. The van der Waals surface area contributed by atoms with Crippen LogP contribution in [0.2, 0.25) is 0 Å². The Morgan fingerprint density at radius 3 is 2.20 bits per heavy atom. The molecule has 2 heterocycles. The highest BCUT2D eigenvalue weighted by atomic mass is 32.2. The fourth-order valence-electron chi connectivity index (χ4n) is 4.01. The monoisotopic (exact) mass is 498 g/mol. The van der Waals surface area contributed by atoms with Gasteiger partial charge in [0.25, 0.3) is 10.0 Å². The Kier molecular flexibility index (Phi) is 6.50. The van der Waals surface area contributed by atoms with Crippen LogP contribution in [-0.2, 0) is 19.6 Å². The number of nitrogens with one attached hydrogen (secondary N) is 1. The topological polar surface area (TPSA) is 101 Å². The van der Waals surface area contributed by atoms with Gasteiger partial charge in [-0.3, -0.25) is 4.79 Å². The average molecular weight is 499 g/mol. The van der Waals surface area contributed by atoms with Crippen LogP contribution in [-0.4, -0.2) is 61.1 Å². The molecule has 2 aromatic carbocycles. The summed E-state index contributed by atoms with van der Waals surface area (Å²) in [4.78, 5) is 27.5. The van der Waals surface area contributed by atoms with Crippen molar-refractivity contribution in [1.29, 1.82) is 0 Å². The Hall–Kier alpha value is -3.53. The fourth-order valence-corrected chi connectivity index (χ4v) is 5.36. The number of hydrogen-bond acceptors (Lipinski definition) is 6. The highest BCUT2D eigenvalue weighted by Crippen LogP contribution is 2.28. The normalized spacial score (nSPS) is 14.7. The van der Waals surface area contributed by atoms with Crippen LogP contribution >= 0.6 is 0 Å². The summed E-state index contributed by atoms with van der Waals surface area (Å²) in [7, 11) is -3.80. The van der Waals surface area contributed by atoms with Crippen LogP contribution in [0.15, 0.2) is 59.6 Å². The first-order valence-electron chi connectivity index (χ1n) is 11.4. The molecule has 1 N–H and O–H groups in total. The molecular weight excluding hydrogens is 468 g/mol. The minimum Gasteiger partial charge on any atom is -0.444 e. The standard InChI is InChI=1S/C25H30N4O5S/c1-18(30)26-20-5-8-22(9-6-20)35(32,33)29-12-11-19-17-21(7-10-23(19)29)27-13-15-28(16-14-27)24(31)34-25(2,3)4/h5-12,17H,13-16H2,1-4H3,(H,26,30). The Labute approximate surface area is 205 Å². The smallest absolute Gasteiger partial charge is 0.410 e. The zero-order chi connectivity index (χ0) is 25.4. The van der Waals surface area contributed by atoms with Gasteiger partial charge in [0.05, 0.1) is 10.4 Å². The van der Waals surface area contributed by atoms with E-state index in [1.165, 1.54) is 23.0 Å². The first-order valence-corrected chi connectivity index (χ1v) is 12.9. The zero-order valence-electron chi connectivity index (χ0n) is 20.3. The van der Waals surface area contributed by atoms with Gasteiger partial charge in [0.15, 0.2) is 0 Å². The van der Waals surface area contributed by atoms with E-state index in [0.717, 1.165) is 11.1 Å². The summed E-state index contributed by atoms with van der Waals surface area (Å²) in [6.45, 7) is 9.37. The van der Waals surface area contributed by atoms with E-state index in [1.54, 1.807) is 35.4 Å². The Morgan fingerprint density at radius 2 is 1.60 bits per heavy atom. The number of amides is 2. The van der Waals surface area contributed by atoms with E-state index in [2.05, 4.69) is 10.2 Å². The van der Waals surface area contributed by atoms with E-state index in [4.69, 9.17) is 4.74 Å². The largest absolute Gasteiger partial charge is 0.444 e. The number of carbonyl (C=O) groups excluding carboxylic acids is 2. The number of benzene rings is 2. The van der Waals surface area contributed by atoms with Crippen molar-refractivity contribution >= 4 is 44.3 Å². The minimum atomic E-state index is -3.80. The lowest BCUT2D eigenvalue weighted by molar-refractivity contribution is -0.114. The maximum atomic E-state index is 13.2. The Balaban J connectivity index is 1.50. The quantitative estimate of drug-likeness (QED) is 0.586. The second-order valence-corrected chi connectivity index (χ2v) is 11.3. The van der Waals surface area contributed by atoms with E-state index < -0.39 is 15.6 Å². The van der Waals surface area contributed by atoms with Crippen LogP contribution in [0.5, 0.6) is 0 Å². The fraction of sp³-hybridized carbons (Fsp3) is 0.360. The Morgan fingerprint density at radius 1 is 0.943 bits per heavy atom. The molecule has 10 heteroatoms. The number of hydrogen-bond donors (Lipinski definition) is 1. The Bertz CT molecular complexity index is 1350. The van der Waals surface area contributed by atoms with Gasteiger partial charge in [-0.05, 0) is 69.3 Å². The van der Waals surface area contributed by atoms with Crippen molar-refractivity contribution in [3.63, 3.8) is 0 Å². The van der Waals surface area contributed by atoms with Gasteiger partial charge < -0.3 is 19.9 Å². The van der Waals surface area contributed by atoms with Crippen LogP contribution in [0.1, 0.15) is 27.7 Å². The lowest BCUT2D eigenvalue weighted by atomic mass is 10.2.